The van der Waals surface area contributed by atoms with E-state index < -0.39 is 10.0 Å². The Morgan fingerprint density at radius 1 is 1.17 bits per heavy atom. The molecule has 1 heterocycles. The Labute approximate surface area is 142 Å². The molecule has 0 saturated carbocycles. The van der Waals surface area contributed by atoms with E-state index in [1.54, 1.807) is 12.1 Å². The van der Waals surface area contributed by atoms with Gasteiger partial charge >= 0.3 is 0 Å². The number of nitrogens with one attached hydrogen (secondary N) is 1. The van der Waals surface area contributed by atoms with Crippen LogP contribution in [-0.2, 0) is 16.6 Å². The minimum absolute atomic E-state index is 0.145. The summed E-state index contributed by atoms with van der Waals surface area (Å²) in [7, 11) is -2.17. The lowest BCUT2D eigenvalue weighted by atomic mass is 10.2. The third-order valence-corrected chi connectivity index (χ3v) is 5.67. The first kappa shape index (κ1) is 18.2. The Hall–Kier alpha value is -2.12. The van der Waals surface area contributed by atoms with Crippen LogP contribution in [0.2, 0.25) is 0 Å². The van der Waals surface area contributed by atoms with Crippen LogP contribution >= 0.6 is 0 Å². The van der Waals surface area contributed by atoms with Crippen LogP contribution in [0.3, 0.4) is 0 Å². The van der Waals surface area contributed by atoms with E-state index in [1.807, 2.05) is 20.8 Å². The second kappa shape index (κ2) is 7.19. The van der Waals surface area contributed by atoms with Gasteiger partial charge in [-0.3, -0.25) is 4.79 Å². The van der Waals surface area contributed by atoms with Crippen molar-refractivity contribution in [3.63, 3.8) is 0 Å². The highest BCUT2D eigenvalue weighted by Gasteiger charge is 2.28. The van der Waals surface area contributed by atoms with Crippen LogP contribution in [0.4, 0.5) is 0 Å². The maximum Gasteiger partial charge on any atom is 0.251 e. The molecular formula is C17H22N2O4S. The van der Waals surface area contributed by atoms with Gasteiger partial charge in [0.1, 0.15) is 11.5 Å². The number of nitrogens with zero attached hydrogens (tertiary/aromatic N) is 1. The molecule has 7 heteroatoms. The number of carbonyl (C=O) groups excluding carboxylic acids is 1. The summed E-state index contributed by atoms with van der Waals surface area (Å²) in [6.45, 7) is 5.60. The fourth-order valence-electron chi connectivity index (χ4n) is 2.33. The van der Waals surface area contributed by atoms with E-state index in [4.69, 9.17) is 4.42 Å². The van der Waals surface area contributed by atoms with Gasteiger partial charge in [0.25, 0.3) is 5.91 Å². The Morgan fingerprint density at radius 2 is 1.79 bits per heavy atom. The fraction of sp³-hybridized carbons (Fsp3) is 0.353. The van der Waals surface area contributed by atoms with Crippen molar-refractivity contribution in [1.82, 2.24) is 9.62 Å². The van der Waals surface area contributed by atoms with Crippen molar-refractivity contribution in [2.75, 3.05) is 7.05 Å². The average Bonchev–Trinajstić information content (AvgIpc) is 2.96. The molecule has 1 amide bonds. The van der Waals surface area contributed by atoms with Crippen molar-refractivity contribution in [3.8, 4) is 0 Å². The van der Waals surface area contributed by atoms with E-state index in [9.17, 15) is 13.2 Å². The van der Waals surface area contributed by atoms with Crippen LogP contribution in [0.1, 0.15) is 35.7 Å². The van der Waals surface area contributed by atoms with Crippen molar-refractivity contribution >= 4 is 15.9 Å². The van der Waals surface area contributed by atoms with Gasteiger partial charge in [0.05, 0.1) is 11.4 Å². The van der Waals surface area contributed by atoms with Crippen molar-refractivity contribution < 1.29 is 17.6 Å². The van der Waals surface area contributed by atoms with Crippen LogP contribution in [-0.4, -0.2) is 31.7 Å². The summed E-state index contributed by atoms with van der Waals surface area (Å²) in [5.74, 6) is 1.07. The fourth-order valence-corrected chi connectivity index (χ4v) is 3.93. The first-order valence-corrected chi connectivity index (χ1v) is 9.09. The molecule has 2 aromatic rings. The highest BCUT2D eigenvalue weighted by molar-refractivity contribution is 7.89. The largest absolute Gasteiger partial charge is 0.465 e. The number of carbonyl (C=O) groups is 1. The second-order valence-corrected chi connectivity index (χ2v) is 7.65. The molecule has 130 valence electrons. The summed E-state index contributed by atoms with van der Waals surface area (Å²) in [6.07, 6.45) is 0. The van der Waals surface area contributed by atoms with Gasteiger partial charge in [0.15, 0.2) is 0 Å². The summed E-state index contributed by atoms with van der Waals surface area (Å²) >= 11 is 0. The Balaban J connectivity index is 2.32. The summed E-state index contributed by atoms with van der Waals surface area (Å²) < 4.78 is 32.7. The molecule has 1 aromatic carbocycles. The molecule has 0 saturated heterocycles. The van der Waals surface area contributed by atoms with Crippen LogP contribution in [0.15, 0.2) is 45.7 Å². The molecule has 0 atom stereocenters. The predicted molar refractivity (Wildman–Crippen MR) is 91.1 cm³/mol. The number of amides is 1. The first-order chi connectivity index (χ1) is 11.3. The lowest BCUT2D eigenvalue weighted by Gasteiger charge is -2.25. The van der Waals surface area contributed by atoms with Gasteiger partial charge in [-0.05, 0) is 57.2 Å². The standard InChI is InChI=1S/C17H22N2O4S/c1-12(2)19(11-15-8-5-13(3)23-15)24(21,22)16-9-6-14(7-10-16)17(20)18-4/h5-10,12H,11H2,1-4H3,(H,18,20). The number of furan rings is 1. The number of benzene rings is 1. The number of hydrogen-bond donors (Lipinski definition) is 1. The molecule has 0 aliphatic rings. The Kier molecular flexibility index (Phi) is 5.46. The highest BCUT2D eigenvalue weighted by atomic mass is 32.2. The van der Waals surface area contributed by atoms with E-state index in [1.165, 1.54) is 35.6 Å². The van der Waals surface area contributed by atoms with Gasteiger partial charge in [-0.2, -0.15) is 4.31 Å². The van der Waals surface area contributed by atoms with E-state index in [0.717, 1.165) is 5.76 Å². The molecule has 0 unspecified atom stereocenters. The molecule has 1 aromatic heterocycles. The zero-order valence-electron chi connectivity index (χ0n) is 14.2. The lowest BCUT2D eigenvalue weighted by molar-refractivity contribution is 0.0963. The van der Waals surface area contributed by atoms with Crippen molar-refractivity contribution in [3.05, 3.63) is 53.5 Å². The van der Waals surface area contributed by atoms with Gasteiger partial charge in [-0.25, -0.2) is 8.42 Å². The zero-order valence-corrected chi connectivity index (χ0v) is 15.1. The van der Waals surface area contributed by atoms with Crippen molar-refractivity contribution in [1.29, 1.82) is 0 Å². The maximum atomic E-state index is 12.9. The number of aryl methyl sites for hydroxylation is 1. The number of sulfonamides is 1. The molecule has 0 fully saturated rings. The number of hydrogen-bond acceptors (Lipinski definition) is 4. The Morgan fingerprint density at radius 3 is 2.25 bits per heavy atom. The smallest absolute Gasteiger partial charge is 0.251 e. The average molecular weight is 350 g/mol. The number of rotatable bonds is 6. The molecule has 24 heavy (non-hydrogen) atoms. The summed E-state index contributed by atoms with van der Waals surface area (Å²) in [4.78, 5) is 11.7. The molecule has 0 aliphatic heterocycles. The lowest BCUT2D eigenvalue weighted by Crippen LogP contribution is -2.36. The predicted octanol–water partition coefficient (Wildman–Crippen LogP) is 2.55. The summed E-state index contributed by atoms with van der Waals surface area (Å²) in [5, 5.41) is 2.50. The van der Waals surface area contributed by atoms with E-state index >= 15 is 0 Å². The minimum atomic E-state index is -3.70. The molecule has 1 N–H and O–H groups in total. The van der Waals surface area contributed by atoms with Gasteiger partial charge in [-0.15, -0.1) is 0 Å². The summed E-state index contributed by atoms with van der Waals surface area (Å²) in [6, 6.07) is 9.24. The third-order valence-electron chi connectivity index (χ3n) is 3.63. The molecular weight excluding hydrogens is 328 g/mol. The highest BCUT2D eigenvalue weighted by Crippen LogP contribution is 2.22. The normalized spacial score (nSPS) is 11.9. The topological polar surface area (TPSA) is 79.6 Å². The van der Waals surface area contributed by atoms with E-state index in [0.29, 0.717) is 11.3 Å². The zero-order chi connectivity index (χ0) is 17.9. The molecule has 0 bridgehead atoms. The molecule has 6 nitrogen and oxygen atoms in total. The monoisotopic (exact) mass is 350 g/mol. The van der Waals surface area contributed by atoms with Crippen LogP contribution < -0.4 is 5.32 Å². The van der Waals surface area contributed by atoms with Gasteiger partial charge in [-0.1, -0.05) is 0 Å². The third kappa shape index (κ3) is 3.85. The molecule has 0 aliphatic carbocycles. The quantitative estimate of drug-likeness (QED) is 0.868. The SMILES string of the molecule is CNC(=O)c1ccc(S(=O)(=O)N(Cc2ccc(C)o2)C(C)C)cc1. The van der Waals surface area contributed by atoms with Crippen LogP contribution in [0, 0.1) is 6.92 Å². The Bertz CT molecular complexity index is 807. The molecule has 0 radical (unpaired) electrons. The van der Waals surface area contributed by atoms with E-state index in [-0.39, 0.29) is 23.4 Å². The van der Waals surface area contributed by atoms with Gasteiger partial charge in [0.2, 0.25) is 10.0 Å². The van der Waals surface area contributed by atoms with Gasteiger partial charge in [0, 0.05) is 18.7 Å². The first-order valence-electron chi connectivity index (χ1n) is 7.65. The molecule has 0 spiro atoms. The maximum absolute atomic E-state index is 12.9. The van der Waals surface area contributed by atoms with Crippen LogP contribution in [0.25, 0.3) is 0 Å². The van der Waals surface area contributed by atoms with E-state index in [2.05, 4.69) is 5.32 Å². The molecule has 2 rings (SSSR count). The second-order valence-electron chi connectivity index (χ2n) is 5.76. The van der Waals surface area contributed by atoms with Crippen molar-refractivity contribution in [2.45, 2.75) is 38.3 Å². The van der Waals surface area contributed by atoms with Crippen LogP contribution in [0.5, 0.6) is 0 Å². The van der Waals surface area contributed by atoms with Gasteiger partial charge < -0.3 is 9.73 Å². The van der Waals surface area contributed by atoms with Crippen molar-refractivity contribution in [2.24, 2.45) is 0 Å². The minimum Gasteiger partial charge on any atom is -0.465 e. The summed E-state index contributed by atoms with van der Waals surface area (Å²) in [5.41, 5.74) is 0.411.